The Hall–Kier alpha value is -3.07. The van der Waals surface area contributed by atoms with Gasteiger partial charge in [-0.3, -0.25) is 4.90 Å². The third-order valence-electron chi connectivity index (χ3n) is 8.49. The first-order chi connectivity index (χ1) is 20.5. The van der Waals surface area contributed by atoms with E-state index in [9.17, 15) is 22.0 Å². The smallest absolute Gasteiger partial charge is 0.417 e. The van der Waals surface area contributed by atoms with Crippen molar-refractivity contribution in [2.45, 2.75) is 49.7 Å². The fourth-order valence-electron chi connectivity index (χ4n) is 6.55. The number of ether oxygens (including phenoxy) is 2. The van der Waals surface area contributed by atoms with Crippen molar-refractivity contribution < 1.29 is 31.4 Å². The minimum Gasteiger partial charge on any atom is -0.472 e. The maximum absolute atomic E-state index is 14.7. The van der Waals surface area contributed by atoms with Crippen molar-refractivity contribution in [1.82, 2.24) is 25.2 Å². The summed E-state index contributed by atoms with van der Waals surface area (Å²) >= 11 is 7.63. The molecule has 0 amide bonds. The van der Waals surface area contributed by atoms with E-state index >= 15 is 0 Å². The van der Waals surface area contributed by atoms with E-state index in [0.29, 0.717) is 32.5 Å². The van der Waals surface area contributed by atoms with Gasteiger partial charge in [0.05, 0.1) is 31.7 Å². The number of rotatable bonds is 6. The summed E-state index contributed by atoms with van der Waals surface area (Å²) < 4.78 is 85.1. The highest BCUT2D eigenvalue weighted by Crippen LogP contribution is 2.48. The number of nitrogens with two attached hydrogens (primary N) is 1. The lowest BCUT2D eigenvalue weighted by molar-refractivity contribution is -0.137. The van der Waals surface area contributed by atoms with Crippen LogP contribution in [0.2, 0.25) is 5.02 Å². The summed E-state index contributed by atoms with van der Waals surface area (Å²) in [5, 5.41) is 2.74. The van der Waals surface area contributed by atoms with Gasteiger partial charge in [-0.2, -0.15) is 23.1 Å². The molecule has 1 unspecified atom stereocenters. The molecule has 4 aromatic rings. The predicted octanol–water partition coefficient (Wildman–Crippen LogP) is 6.00. The summed E-state index contributed by atoms with van der Waals surface area (Å²) in [6.45, 7) is 2.34. The SMILES string of the molecule is Nc1nc2c(-c3c(C(F)(F)F)cc4c(O[C@@H]5CCNC5)nc(OCC56CCCN5C[C@H](F)C6)nc4c3Cl)ccc(F)c2s1. The van der Waals surface area contributed by atoms with Crippen LogP contribution in [0.15, 0.2) is 18.2 Å². The van der Waals surface area contributed by atoms with Crippen LogP contribution in [-0.4, -0.2) is 70.5 Å². The molecular formula is C28H26ClF5N6O2S. The number of thiazole rings is 1. The fourth-order valence-corrected chi connectivity index (χ4v) is 7.66. The molecule has 3 aliphatic rings. The van der Waals surface area contributed by atoms with Crippen molar-refractivity contribution in [2.75, 3.05) is 38.5 Å². The minimum absolute atomic E-state index is 0.00606. The summed E-state index contributed by atoms with van der Waals surface area (Å²) in [5.74, 6) is -0.773. The van der Waals surface area contributed by atoms with Crippen molar-refractivity contribution in [3.8, 4) is 23.0 Å². The third-order valence-corrected chi connectivity index (χ3v) is 9.75. The Bertz CT molecular complexity index is 1730. The number of nitrogens with one attached hydrogen (secondary N) is 1. The summed E-state index contributed by atoms with van der Waals surface area (Å²) in [6, 6.07) is 3.00. The number of nitrogens with zero attached hydrogens (tertiary/aromatic N) is 4. The van der Waals surface area contributed by atoms with Gasteiger partial charge in [-0.15, -0.1) is 0 Å². The van der Waals surface area contributed by atoms with Gasteiger partial charge < -0.3 is 20.5 Å². The maximum Gasteiger partial charge on any atom is 0.417 e. The second kappa shape index (κ2) is 10.5. The Kier molecular flexibility index (Phi) is 7.02. The lowest BCUT2D eigenvalue weighted by Gasteiger charge is -2.30. The fraction of sp³-hybridized carbons (Fsp3) is 0.464. The van der Waals surface area contributed by atoms with Crippen molar-refractivity contribution in [2.24, 2.45) is 0 Å². The summed E-state index contributed by atoms with van der Waals surface area (Å²) in [4.78, 5) is 15.0. The van der Waals surface area contributed by atoms with Gasteiger partial charge in [0.15, 0.2) is 5.13 Å². The molecule has 0 saturated carbocycles. The Morgan fingerprint density at radius 1 is 1.21 bits per heavy atom. The average Bonchev–Trinajstić information content (AvgIpc) is 3.73. The first-order valence-electron chi connectivity index (χ1n) is 13.9. The van der Waals surface area contributed by atoms with Crippen LogP contribution in [0.3, 0.4) is 0 Å². The predicted molar refractivity (Wildman–Crippen MR) is 153 cm³/mol. The molecule has 3 atom stereocenters. The van der Waals surface area contributed by atoms with Crippen LogP contribution in [0.25, 0.3) is 32.2 Å². The number of alkyl halides is 4. The van der Waals surface area contributed by atoms with E-state index in [1.807, 2.05) is 0 Å². The average molecular weight is 641 g/mol. The van der Waals surface area contributed by atoms with E-state index in [0.717, 1.165) is 42.9 Å². The van der Waals surface area contributed by atoms with Gasteiger partial charge in [-0.25, -0.2) is 13.8 Å². The van der Waals surface area contributed by atoms with E-state index in [2.05, 4.69) is 25.2 Å². The van der Waals surface area contributed by atoms with Crippen LogP contribution >= 0.6 is 22.9 Å². The zero-order valence-electron chi connectivity index (χ0n) is 22.6. The number of hydrogen-bond acceptors (Lipinski definition) is 9. The molecule has 7 rings (SSSR count). The molecule has 228 valence electrons. The van der Waals surface area contributed by atoms with Crippen LogP contribution in [0.4, 0.5) is 27.1 Å². The number of anilines is 1. The van der Waals surface area contributed by atoms with Crippen molar-refractivity contribution in [3.05, 3.63) is 34.6 Å². The summed E-state index contributed by atoms with van der Waals surface area (Å²) in [5.41, 5.74) is 3.66. The van der Waals surface area contributed by atoms with Gasteiger partial charge in [0.2, 0.25) is 5.88 Å². The molecule has 3 fully saturated rings. The molecule has 2 aromatic heterocycles. The van der Waals surface area contributed by atoms with Crippen LogP contribution in [0.1, 0.15) is 31.2 Å². The number of fused-ring (bicyclic) bond motifs is 3. The Labute approximate surface area is 251 Å². The number of halogens is 6. The van der Waals surface area contributed by atoms with Crippen LogP contribution in [0.5, 0.6) is 11.9 Å². The van der Waals surface area contributed by atoms with E-state index in [1.165, 1.54) is 6.07 Å². The molecule has 8 nitrogen and oxygen atoms in total. The number of nitrogen functional groups attached to an aromatic ring is 1. The zero-order valence-corrected chi connectivity index (χ0v) is 24.2. The molecule has 0 bridgehead atoms. The molecule has 3 aliphatic heterocycles. The van der Waals surface area contributed by atoms with Gasteiger partial charge >= 0.3 is 12.2 Å². The number of aromatic nitrogens is 3. The Morgan fingerprint density at radius 2 is 2.05 bits per heavy atom. The highest BCUT2D eigenvalue weighted by atomic mass is 35.5. The monoisotopic (exact) mass is 640 g/mol. The Balaban J connectivity index is 1.40. The first-order valence-corrected chi connectivity index (χ1v) is 15.1. The first kappa shape index (κ1) is 28.7. The van der Waals surface area contributed by atoms with Crippen LogP contribution < -0.4 is 20.5 Å². The molecule has 3 N–H and O–H groups in total. The van der Waals surface area contributed by atoms with E-state index in [1.54, 1.807) is 0 Å². The van der Waals surface area contributed by atoms with E-state index in [-0.39, 0.29) is 61.4 Å². The van der Waals surface area contributed by atoms with Crippen molar-refractivity contribution in [1.29, 1.82) is 0 Å². The van der Waals surface area contributed by atoms with Gasteiger partial charge in [0.25, 0.3) is 0 Å². The van der Waals surface area contributed by atoms with Crippen molar-refractivity contribution >= 4 is 49.2 Å². The second-order valence-corrected chi connectivity index (χ2v) is 12.6. The molecule has 0 aliphatic carbocycles. The minimum atomic E-state index is -4.87. The van der Waals surface area contributed by atoms with E-state index in [4.69, 9.17) is 26.8 Å². The normalized spacial score (nSPS) is 24.3. The van der Waals surface area contributed by atoms with Crippen LogP contribution in [-0.2, 0) is 6.18 Å². The molecule has 0 spiro atoms. The topological polar surface area (TPSA) is 98.4 Å². The quantitative estimate of drug-likeness (QED) is 0.248. The van der Waals surface area contributed by atoms with Gasteiger partial charge in [0.1, 0.15) is 30.2 Å². The summed E-state index contributed by atoms with van der Waals surface area (Å²) in [7, 11) is 0. The highest BCUT2D eigenvalue weighted by Gasteiger charge is 2.49. The third kappa shape index (κ3) is 5.01. The number of hydrogen-bond donors (Lipinski definition) is 2. The number of benzene rings is 2. The van der Waals surface area contributed by atoms with Gasteiger partial charge in [0, 0.05) is 30.6 Å². The largest absolute Gasteiger partial charge is 0.472 e. The zero-order chi connectivity index (χ0) is 30.1. The van der Waals surface area contributed by atoms with Crippen molar-refractivity contribution in [3.63, 3.8) is 0 Å². The van der Waals surface area contributed by atoms with Gasteiger partial charge in [-0.05, 0) is 50.6 Å². The van der Waals surface area contributed by atoms with Gasteiger partial charge in [-0.1, -0.05) is 22.9 Å². The molecule has 2 aromatic carbocycles. The molecule has 5 heterocycles. The molecule has 15 heteroatoms. The van der Waals surface area contributed by atoms with E-state index < -0.39 is 34.8 Å². The Morgan fingerprint density at radius 3 is 2.81 bits per heavy atom. The lowest BCUT2D eigenvalue weighted by Crippen LogP contribution is -2.43. The standard InChI is InChI=1S/C28H26ClF5N6O2S/c29-20-19(15-2-3-18(31)23-22(15)37-25(35)43-23)17(28(32,33)34)8-16-21(20)38-26(39-24(16)42-14-4-6-36-10-14)41-12-27-5-1-7-40(27)11-13(30)9-27/h2-3,8,13-14,36H,1,4-7,9-12H2,(H2,35,37)/t13-,14-,27?/m1/s1. The molecule has 0 radical (unpaired) electrons. The lowest BCUT2D eigenvalue weighted by atomic mass is 9.95. The molecular weight excluding hydrogens is 615 g/mol. The molecule has 43 heavy (non-hydrogen) atoms. The highest BCUT2D eigenvalue weighted by molar-refractivity contribution is 7.22. The molecule has 3 saturated heterocycles. The summed E-state index contributed by atoms with van der Waals surface area (Å²) in [6.07, 6.45) is -3.61. The maximum atomic E-state index is 14.7. The van der Waals surface area contributed by atoms with Crippen LogP contribution in [0, 0.1) is 5.82 Å². The second-order valence-electron chi connectivity index (χ2n) is 11.2.